The molecule has 0 aromatic rings. The van der Waals surface area contributed by atoms with Crippen molar-refractivity contribution < 1.29 is 0 Å². The molecule has 0 bridgehead atoms. The molecule has 0 heterocycles. The molecule has 2 nitrogen and oxygen atoms in total. The normalized spacial score (nSPS) is 13.5. The summed E-state index contributed by atoms with van der Waals surface area (Å²) < 4.78 is 0. The molecule has 0 radical (unpaired) electrons. The fraction of sp³-hybridized carbons (Fsp3) is 0.923. The molecular formula is C13H26N2. The first-order valence-corrected chi connectivity index (χ1v) is 6.13. The Kier molecular flexibility index (Phi) is 7.42. The van der Waals surface area contributed by atoms with Crippen molar-refractivity contribution in [2.75, 3.05) is 6.54 Å². The molecular weight excluding hydrogens is 184 g/mol. The Bertz CT molecular complexity index is 183. The lowest BCUT2D eigenvalue weighted by molar-refractivity contribution is 0.264. The van der Waals surface area contributed by atoms with Crippen LogP contribution in [0.3, 0.4) is 0 Å². The minimum Gasteiger partial charge on any atom is -0.313 e. The lowest BCUT2D eigenvalue weighted by Crippen LogP contribution is -2.36. The Morgan fingerprint density at radius 1 is 1.13 bits per heavy atom. The van der Waals surface area contributed by atoms with Crippen LogP contribution in [0.25, 0.3) is 0 Å². The van der Waals surface area contributed by atoms with E-state index in [0.29, 0.717) is 30.2 Å². The van der Waals surface area contributed by atoms with E-state index in [-0.39, 0.29) is 0 Å². The first kappa shape index (κ1) is 14.5. The molecule has 0 fully saturated rings. The first-order chi connectivity index (χ1) is 7.02. The van der Waals surface area contributed by atoms with Crippen LogP contribution >= 0.6 is 0 Å². The van der Waals surface area contributed by atoms with Crippen LogP contribution in [0.15, 0.2) is 0 Å². The number of nitrogens with zero attached hydrogens (tertiary/aromatic N) is 1. The Balaban J connectivity index is 4.03. The van der Waals surface area contributed by atoms with Gasteiger partial charge in [-0.1, -0.05) is 34.6 Å². The van der Waals surface area contributed by atoms with Crippen molar-refractivity contribution in [2.24, 2.45) is 17.8 Å². The van der Waals surface area contributed by atoms with Gasteiger partial charge in [-0.25, -0.2) is 0 Å². The molecule has 1 N–H and O–H groups in total. The van der Waals surface area contributed by atoms with E-state index in [2.05, 4.69) is 46.0 Å². The van der Waals surface area contributed by atoms with Gasteiger partial charge in [0, 0.05) is 6.04 Å². The molecule has 2 heteroatoms. The highest BCUT2D eigenvalue weighted by Gasteiger charge is 2.18. The quantitative estimate of drug-likeness (QED) is 0.700. The third kappa shape index (κ3) is 5.79. The molecule has 0 saturated carbocycles. The molecule has 0 saturated heterocycles. The van der Waals surface area contributed by atoms with Gasteiger partial charge in [-0.05, 0) is 30.7 Å². The van der Waals surface area contributed by atoms with Crippen molar-refractivity contribution in [2.45, 2.75) is 53.5 Å². The van der Waals surface area contributed by atoms with E-state index in [1.54, 1.807) is 0 Å². The molecule has 0 aromatic carbocycles. The number of hydrogen-bond donors (Lipinski definition) is 1. The van der Waals surface area contributed by atoms with E-state index < -0.39 is 0 Å². The van der Waals surface area contributed by atoms with Gasteiger partial charge in [0.1, 0.15) is 0 Å². The number of rotatable bonds is 7. The fourth-order valence-electron chi connectivity index (χ4n) is 2.01. The molecule has 0 aliphatic rings. The van der Waals surface area contributed by atoms with Gasteiger partial charge < -0.3 is 5.32 Å². The summed E-state index contributed by atoms with van der Waals surface area (Å²) in [5.74, 6) is 2.12. The third-order valence-electron chi connectivity index (χ3n) is 3.19. The molecule has 88 valence electrons. The van der Waals surface area contributed by atoms with Crippen molar-refractivity contribution in [1.29, 1.82) is 5.26 Å². The van der Waals surface area contributed by atoms with Gasteiger partial charge in [-0.15, -0.1) is 0 Å². The monoisotopic (exact) mass is 210 g/mol. The standard InChI is InChI=1S/C13H26N2/c1-6-12(7-8-14)15-9-13(10(2)3)11(4)5/h10-13,15H,6-7,9H2,1-5H3. The molecule has 0 amide bonds. The van der Waals surface area contributed by atoms with Crippen molar-refractivity contribution in [3.63, 3.8) is 0 Å². The van der Waals surface area contributed by atoms with Crippen LogP contribution in [-0.2, 0) is 0 Å². The lowest BCUT2D eigenvalue weighted by Gasteiger charge is -2.27. The topological polar surface area (TPSA) is 35.8 Å². The predicted octanol–water partition coefficient (Wildman–Crippen LogP) is 3.20. The molecule has 0 spiro atoms. The predicted molar refractivity (Wildman–Crippen MR) is 65.5 cm³/mol. The minimum atomic E-state index is 0.370. The summed E-state index contributed by atoms with van der Waals surface area (Å²) in [4.78, 5) is 0. The average molecular weight is 210 g/mol. The van der Waals surface area contributed by atoms with Gasteiger partial charge in [-0.2, -0.15) is 5.26 Å². The summed E-state index contributed by atoms with van der Waals surface area (Å²) in [5.41, 5.74) is 0. The van der Waals surface area contributed by atoms with Crippen LogP contribution in [0, 0.1) is 29.1 Å². The Hall–Kier alpha value is -0.550. The number of nitrogens with one attached hydrogen (secondary N) is 1. The Morgan fingerprint density at radius 2 is 1.67 bits per heavy atom. The van der Waals surface area contributed by atoms with Crippen molar-refractivity contribution in [1.82, 2.24) is 5.32 Å². The zero-order chi connectivity index (χ0) is 11.8. The van der Waals surface area contributed by atoms with Crippen LogP contribution in [0.1, 0.15) is 47.5 Å². The smallest absolute Gasteiger partial charge is 0.0638 e. The highest BCUT2D eigenvalue weighted by Crippen LogP contribution is 2.19. The third-order valence-corrected chi connectivity index (χ3v) is 3.19. The van der Waals surface area contributed by atoms with E-state index in [4.69, 9.17) is 5.26 Å². The second-order valence-corrected chi connectivity index (χ2v) is 5.03. The van der Waals surface area contributed by atoms with Crippen LogP contribution in [0.2, 0.25) is 0 Å². The molecule has 0 aromatic heterocycles. The molecule has 0 aliphatic carbocycles. The van der Waals surface area contributed by atoms with Gasteiger partial charge >= 0.3 is 0 Å². The largest absolute Gasteiger partial charge is 0.313 e. The molecule has 15 heavy (non-hydrogen) atoms. The summed E-state index contributed by atoms with van der Waals surface area (Å²) in [6.07, 6.45) is 1.66. The zero-order valence-corrected chi connectivity index (χ0v) is 10.9. The number of hydrogen-bond acceptors (Lipinski definition) is 2. The summed E-state index contributed by atoms with van der Waals surface area (Å²) >= 11 is 0. The maximum Gasteiger partial charge on any atom is 0.0638 e. The van der Waals surface area contributed by atoms with Crippen molar-refractivity contribution in [3.05, 3.63) is 0 Å². The molecule has 1 unspecified atom stereocenters. The van der Waals surface area contributed by atoms with E-state index in [9.17, 15) is 0 Å². The maximum atomic E-state index is 8.66. The molecule has 1 atom stereocenters. The van der Waals surface area contributed by atoms with Crippen molar-refractivity contribution in [3.8, 4) is 6.07 Å². The lowest BCUT2D eigenvalue weighted by atomic mass is 9.85. The molecule has 0 rings (SSSR count). The summed E-state index contributed by atoms with van der Waals surface area (Å²) in [5, 5.41) is 12.2. The summed E-state index contributed by atoms with van der Waals surface area (Å²) in [7, 11) is 0. The van der Waals surface area contributed by atoms with E-state index in [1.807, 2.05) is 0 Å². The fourth-order valence-corrected chi connectivity index (χ4v) is 2.01. The Morgan fingerprint density at radius 3 is 2.00 bits per heavy atom. The van der Waals surface area contributed by atoms with E-state index in [0.717, 1.165) is 13.0 Å². The van der Waals surface area contributed by atoms with E-state index in [1.165, 1.54) is 0 Å². The van der Waals surface area contributed by atoms with E-state index >= 15 is 0 Å². The number of nitriles is 1. The van der Waals surface area contributed by atoms with Crippen LogP contribution < -0.4 is 5.32 Å². The molecule has 0 aliphatic heterocycles. The Labute approximate surface area is 95.1 Å². The highest BCUT2D eigenvalue weighted by atomic mass is 14.9. The van der Waals surface area contributed by atoms with Gasteiger partial charge in [0.25, 0.3) is 0 Å². The highest BCUT2D eigenvalue weighted by molar-refractivity contribution is 4.81. The second kappa shape index (κ2) is 7.70. The first-order valence-electron chi connectivity index (χ1n) is 6.13. The average Bonchev–Trinajstić information content (AvgIpc) is 2.15. The minimum absolute atomic E-state index is 0.370. The van der Waals surface area contributed by atoms with Crippen molar-refractivity contribution >= 4 is 0 Å². The van der Waals surface area contributed by atoms with Crippen LogP contribution in [-0.4, -0.2) is 12.6 Å². The zero-order valence-electron chi connectivity index (χ0n) is 10.9. The SMILES string of the molecule is CCC(CC#N)NCC(C(C)C)C(C)C. The van der Waals surface area contributed by atoms with Gasteiger partial charge in [0.2, 0.25) is 0 Å². The van der Waals surface area contributed by atoms with Crippen LogP contribution in [0.5, 0.6) is 0 Å². The van der Waals surface area contributed by atoms with Gasteiger partial charge in [0.05, 0.1) is 12.5 Å². The summed E-state index contributed by atoms with van der Waals surface area (Å²) in [6, 6.07) is 2.61. The van der Waals surface area contributed by atoms with Gasteiger partial charge in [-0.3, -0.25) is 0 Å². The maximum absolute atomic E-state index is 8.66. The second-order valence-electron chi connectivity index (χ2n) is 5.03. The summed E-state index contributed by atoms with van der Waals surface area (Å²) in [6.45, 7) is 12.3. The van der Waals surface area contributed by atoms with Crippen LogP contribution in [0.4, 0.5) is 0 Å². The van der Waals surface area contributed by atoms with Gasteiger partial charge in [0.15, 0.2) is 0 Å².